The van der Waals surface area contributed by atoms with E-state index in [0.29, 0.717) is 44.7 Å². The molecule has 2 aromatic heterocycles. The van der Waals surface area contributed by atoms with Crippen LogP contribution in [-0.4, -0.2) is 31.1 Å². The van der Waals surface area contributed by atoms with Crippen molar-refractivity contribution in [3.8, 4) is 0 Å². The first-order valence-corrected chi connectivity index (χ1v) is 13.0. The first-order chi connectivity index (χ1) is 16.5. The largest absolute Gasteiger partial charge is 0.349 e. The second kappa shape index (κ2) is 9.80. The number of benzene rings is 2. The summed E-state index contributed by atoms with van der Waals surface area (Å²) in [7, 11) is 0. The summed E-state index contributed by atoms with van der Waals surface area (Å²) in [6, 6.07) is 13.2. The Balaban J connectivity index is 1.58. The number of fused-ring (bicyclic) bond motifs is 3. The lowest BCUT2D eigenvalue weighted by atomic mass is 10.1. The average molecular weight is 496 g/mol. The van der Waals surface area contributed by atoms with Crippen molar-refractivity contribution >= 4 is 46.0 Å². The summed E-state index contributed by atoms with van der Waals surface area (Å²) in [5, 5.41) is 13.8. The second-order valence-corrected chi connectivity index (χ2v) is 10.1. The standard InChI is InChI=1S/C25H26ClN5O2S/c1-2-13-30-23(33)20-12-9-17(22(32)27-19-5-3-4-6-19)14-21(20)31-24(30)28-29-25(31)34-15-16-7-10-18(26)11-8-16/h7-12,14,19H,2-6,13,15H2,1H3,(H,27,32). The number of hydrogen-bond donors (Lipinski definition) is 1. The number of hydrogen-bond acceptors (Lipinski definition) is 5. The number of nitrogens with one attached hydrogen (secondary N) is 1. The Morgan fingerprint density at radius 2 is 1.91 bits per heavy atom. The van der Waals surface area contributed by atoms with Crippen LogP contribution in [0.2, 0.25) is 5.02 Å². The van der Waals surface area contributed by atoms with Gasteiger partial charge in [-0.3, -0.25) is 18.6 Å². The van der Waals surface area contributed by atoms with Gasteiger partial charge in [-0.15, -0.1) is 10.2 Å². The van der Waals surface area contributed by atoms with Gasteiger partial charge in [0.1, 0.15) is 0 Å². The zero-order valence-corrected chi connectivity index (χ0v) is 20.5. The number of carbonyl (C=O) groups is 1. The topological polar surface area (TPSA) is 81.3 Å². The number of halogens is 1. The van der Waals surface area contributed by atoms with Crippen LogP contribution in [0.15, 0.2) is 52.4 Å². The zero-order chi connectivity index (χ0) is 23.7. The third-order valence-corrected chi connectivity index (χ3v) is 7.50. The minimum absolute atomic E-state index is 0.108. The summed E-state index contributed by atoms with van der Waals surface area (Å²) in [6.45, 7) is 2.57. The van der Waals surface area contributed by atoms with Crippen molar-refractivity contribution in [1.29, 1.82) is 0 Å². The maximum Gasteiger partial charge on any atom is 0.262 e. The fourth-order valence-corrected chi connectivity index (χ4v) is 5.53. The van der Waals surface area contributed by atoms with Gasteiger partial charge >= 0.3 is 0 Å². The number of nitrogens with zero attached hydrogens (tertiary/aromatic N) is 4. The molecule has 0 radical (unpaired) electrons. The molecule has 2 heterocycles. The number of amides is 1. The van der Waals surface area contributed by atoms with E-state index in [1.807, 2.05) is 35.6 Å². The van der Waals surface area contributed by atoms with Crippen molar-refractivity contribution in [1.82, 2.24) is 24.5 Å². The highest BCUT2D eigenvalue weighted by Crippen LogP contribution is 2.26. The monoisotopic (exact) mass is 495 g/mol. The van der Waals surface area contributed by atoms with Gasteiger partial charge in [-0.05, 0) is 55.2 Å². The van der Waals surface area contributed by atoms with E-state index in [9.17, 15) is 9.59 Å². The molecule has 7 nitrogen and oxygen atoms in total. The van der Waals surface area contributed by atoms with E-state index in [1.165, 1.54) is 11.8 Å². The zero-order valence-electron chi connectivity index (χ0n) is 19.0. The Bertz CT molecular complexity index is 1410. The molecule has 0 bridgehead atoms. The molecule has 34 heavy (non-hydrogen) atoms. The summed E-state index contributed by atoms with van der Waals surface area (Å²) in [5.74, 6) is 1.06. The number of aryl methyl sites for hydroxylation is 1. The van der Waals surface area contributed by atoms with Crippen molar-refractivity contribution in [2.75, 3.05) is 0 Å². The normalized spacial score (nSPS) is 14.3. The molecule has 0 aliphatic heterocycles. The lowest BCUT2D eigenvalue weighted by Crippen LogP contribution is -2.32. The van der Waals surface area contributed by atoms with Crippen LogP contribution in [0.4, 0.5) is 0 Å². The van der Waals surface area contributed by atoms with Crippen molar-refractivity contribution in [3.63, 3.8) is 0 Å². The van der Waals surface area contributed by atoms with Crippen molar-refractivity contribution in [2.24, 2.45) is 0 Å². The lowest BCUT2D eigenvalue weighted by molar-refractivity contribution is 0.0938. The van der Waals surface area contributed by atoms with Crippen molar-refractivity contribution in [3.05, 3.63) is 69.0 Å². The van der Waals surface area contributed by atoms with E-state index in [-0.39, 0.29) is 17.5 Å². The quantitative estimate of drug-likeness (QED) is 0.362. The molecule has 0 atom stereocenters. The molecule has 176 valence electrons. The molecule has 2 aromatic carbocycles. The van der Waals surface area contributed by atoms with Gasteiger partial charge in [0.05, 0.1) is 10.9 Å². The molecule has 0 unspecified atom stereocenters. The second-order valence-electron chi connectivity index (χ2n) is 8.68. The fraction of sp³-hybridized carbons (Fsp3) is 0.360. The minimum atomic E-state index is -0.117. The highest BCUT2D eigenvalue weighted by molar-refractivity contribution is 7.98. The SMILES string of the molecule is CCCn1c(=O)c2ccc(C(=O)NC3CCCC3)cc2n2c(SCc3ccc(Cl)cc3)nnc12. The summed E-state index contributed by atoms with van der Waals surface area (Å²) < 4.78 is 3.57. The maximum absolute atomic E-state index is 13.3. The van der Waals surface area contributed by atoms with Gasteiger partial charge in [0.2, 0.25) is 5.78 Å². The summed E-state index contributed by atoms with van der Waals surface area (Å²) in [4.78, 5) is 26.2. The fourth-order valence-electron chi connectivity index (χ4n) is 4.51. The molecule has 1 amide bonds. The number of carbonyl (C=O) groups excluding carboxylic acids is 1. The van der Waals surface area contributed by atoms with Crippen LogP contribution in [-0.2, 0) is 12.3 Å². The van der Waals surface area contributed by atoms with E-state index in [1.54, 1.807) is 22.8 Å². The van der Waals surface area contributed by atoms with E-state index >= 15 is 0 Å². The molecular formula is C25H26ClN5O2S. The van der Waals surface area contributed by atoms with Crippen LogP contribution in [0.3, 0.4) is 0 Å². The maximum atomic E-state index is 13.3. The molecule has 1 saturated carbocycles. The van der Waals surface area contributed by atoms with E-state index < -0.39 is 0 Å². The predicted octanol–water partition coefficient (Wildman–Crippen LogP) is 5.07. The van der Waals surface area contributed by atoms with Crippen molar-refractivity contribution < 1.29 is 4.79 Å². The lowest BCUT2D eigenvalue weighted by Gasteiger charge is -2.14. The first-order valence-electron chi connectivity index (χ1n) is 11.6. The van der Waals surface area contributed by atoms with Crippen LogP contribution in [0.5, 0.6) is 0 Å². The molecule has 4 aromatic rings. The van der Waals surface area contributed by atoms with Gasteiger partial charge in [-0.1, -0.05) is 55.3 Å². The Morgan fingerprint density at radius 1 is 1.15 bits per heavy atom. The van der Waals surface area contributed by atoms with Gasteiger partial charge in [-0.25, -0.2) is 0 Å². The van der Waals surface area contributed by atoms with E-state index in [0.717, 1.165) is 37.7 Å². The molecule has 1 aliphatic carbocycles. The smallest absolute Gasteiger partial charge is 0.262 e. The Morgan fingerprint density at radius 3 is 2.65 bits per heavy atom. The van der Waals surface area contributed by atoms with Gasteiger partial charge in [0.15, 0.2) is 5.16 Å². The van der Waals surface area contributed by atoms with Crippen LogP contribution in [0.1, 0.15) is 54.9 Å². The van der Waals surface area contributed by atoms with Crippen LogP contribution < -0.4 is 10.9 Å². The van der Waals surface area contributed by atoms with Gasteiger partial charge < -0.3 is 5.32 Å². The molecule has 1 fully saturated rings. The van der Waals surface area contributed by atoms with Gasteiger partial charge in [0, 0.05) is 28.9 Å². The summed E-state index contributed by atoms with van der Waals surface area (Å²) >= 11 is 7.55. The van der Waals surface area contributed by atoms with Gasteiger partial charge in [-0.2, -0.15) is 0 Å². The molecule has 1 aliphatic rings. The van der Waals surface area contributed by atoms with Crippen LogP contribution in [0.25, 0.3) is 16.7 Å². The third kappa shape index (κ3) is 4.44. The number of thioether (sulfide) groups is 1. The Kier molecular flexibility index (Phi) is 6.61. The molecule has 0 spiro atoms. The molecular weight excluding hydrogens is 470 g/mol. The highest BCUT2D eigenvalue weighted by Gasteiger charge is 2.21. The molecule has 0 saturated heterocycles. The van der Waals surface area contributed by atoms with Crippen LogP contribution in [0, 0.1) is 0 Å². The summed E-state index contributed by atoms with van der Waals surface area (Å²) in [6.07, 6.45) is 5.12. The molecule has 5 rings (SSSR count). The van der Waals surface area contributed by atoms with Crippen LogP contribution >= 0.6 is 23.4 Å². The highest BCUT2D eigenvalue weighted by atomic mass is 35.5. The number of aromatic nitrogens is 4. The van der Waals surface area contributed by atoms with E-state index in [2.05, 4.69) is 15.5 Å². The van der Waals surface area contributed by atoms with Gasteiger partial charge in [0.25, 0.3) is 11.5 Å². The minimum Gasteiger partial charge on any atom is -0.349 e. The van der Waals surface area contributed by atoms with E-state index in [4.69, 9.17) is 11.6 Å². The predicted molar refractivity (Wildman–Crippen MR) is 136 cm³/mol. The summed E-state index contributed by atoms with van der Waals surface area (Å²) in [5.41, 5.74) is 2.17. The molecule has 1 N–H and O–H groups in total. The number of rotatable bonds is 7. The Hall–Kier alpha value is -2.84. The Labute approximate surface area is 206 Å². The molecule has 9 heteroatoms. The van der Waals surface area contributed by atoms with Crippen molar-refractivity contribution in [2.45, 2.75) is 62.5 Å². The average Bonchev–Trinajstić information content (AvgIpc) is 3.51. The third-order valence-electron chi connectivity index (χ3n) is 6.25. The first kappa shape index (κ1) is 22.9.